The first-order chi connectivity index (χ1) is 11.9. The standard InChI is InChI=1S/C19H21ClN2O3/c1-19(2,25-16-10-8-15(20)9-11-16)18(24)22-13-12-21-17(23)14-6-4-3-5-7-14/h3-11H,12-13H2,1-2H3,(H,21,23)(H,22,24). The van der Waals surface area contributed by atoms with Gasteiger partial charge in [0.05, 0.1) is 0 Å². The molecule has 0 heterocycles. The zero-order chi connectivity index (χ0) is 18.3. The molecule has 0 aromatic heterocycles. The van der Waals surface area contributed by atoms with E-state index in [1.54, 1.807) is 62.4 Å². The summed E-state index contributed by atoms with van der Waals surface area (Å²) in [6.07, 6.45) is 0. The Hall–Kier alpha value is -2.53. The van der Waals surface area contributed by atoms with E-state index in [9.17, 15) is 9.59 Å². The van der Waals surface area contributed by atoms with Gasteiger partial charge in [-0.1, -0.05) is 29.8 Å². The van der Waals surface area contributed by atoms with Crippen LogP contribution in [0.25, 0.3) is 0 Å². The molecule has 2 aromatic rings. The van der Waals surface area contributed by atoms with Gasteiger partial charge in [0.1, 0.15) is 5.75 Å². The molecule has 132 valence electrons. The summed E-state index contributed by atoms with van der Waals surface area (Å²) in [6, 6.07) is 15.7. The fraction of sp³-hybridized carbons (Fsp3) is 0.263. The molecule has 0 saturated carbocycles. The smallest absolute Gasteiger partial charge is 0.263 e. The van der Waals surface area contributed by atoms with Gasteiger partial charge in [0, 0.05) is 23.7 Å². The molecule has 0 aliphatic carbocycles. The van der Waals surface area contributed by atoms with E-state index in [2.05, 4.69) is 10.6 Å². The van der Waals surface area contributed by atoms with Crippen LogP contribution in [0.1, 0.15) is 24.2 Å². The Balaban J connectivity index is 1.77. The van der Waals surface area contributed by atoms with Crippen LogP contribution in [0.5, 0.6) is 5.75 Å². The number of rotatable bonds is 7. The lowest BCUT2D eigenvalue weighted by Gasteiger charge is -2.25. The van der Waals surface area contributed by atoms with Gasteiger partial charge in [-0.3, -0.25) is 9.59 Å². The van der Waals surface area contributed by atoms with Gasteiger partial charge < -0.3 is 15.4 Å². The summed E-state index contributed by atoms with van der Waals surface area (Å²) in [5, 5.41) is 6.11. The van der Waals surface area contributed by atoms with E-state index < -0.39 is 5.60 Å². The first-order valence-corrected chi connectivity index (χ1v) is 8.32. The quantitative estimate of drug-likeness (QED) is 0.746. The second-order valence-electron chi connectivity index (χ2n) is 5.94. The Morgan fingerprint density at radius 3 is 2.20 bits per heavy atom. The van der Waals surface area contributed by atoms with Gasteiger partial charge in [-0.2, -0.15) is 0 Å². The zero-order valence-corrected chi connectivity index (χ0v) is 15.0. The van der Waals surface area contributed by atoms with Crippen molar-refractivity contribution in [1.82, 2.24) is 10.6 Å². The molecule has 2 amide bonds. The molecule has 0 unspecified atom stereocenters. The van der Waals surface area contributed by atoms with Crippen molar-refractivity contribution in [3.63, 3.8) is 0 Å². The predicted molar refractivity (Wildman–Crippen MR) is 97.9 cm³/mol. The van der Waals surface area contributed by atoms with Crippen molar-refractivity contribution in [2.45, 2.75) is 19.4 Å². The molecule has 0 spiro atoms. The largest absolute Gasteiger partial charge is 0.478 e. The minimum atomic E-state index is -1.04. The van der Waals surface area contributed by atoms with E-state index in [4.69, 9.17) is 16.3 Å². The van der Waals surface area contributed by atoms with Crippen LogP contribution in [0.3, 0.4) is 0 Å². The summed E-state index contributed by atoms with van der Waals surface area (Å²) in [4.78, 5) is 24.2. The molecule has 2 rings (SSSR count). The third kappa shape index (κ3) is 5.80. The number of hydrogen-bond donors (Lipinski definition) is 2. The highest BCUT2D eigenvalue weighted by molar-refractivity contribution is 6.30. The lowest BCUT2D eigenvalue weighted by molar-refractivity contribution is -0.134. The van der Waals surface area contributed by atoms with Crippen molar-refractivity contribution in [2.75, 3.05) is 13.1 Å². The van der Waals surface area contributed by atoms with E-state index >= 15 is 0 Å². The van der Waals surface area contributed by atoms with E-state index in [1.807, 2.05) is 6.07 Å². The van der Waals surface area contributed by atoms with Crippen LogP contribution in [-0.4, -0.2) is 30.5 Å². The van der Waals surface area contributed by atoms with Crippen LogP contribution in [0.2, 0.25) is 5.02 Å². The van der Waals surface area contributed by atoms with E-state index in [0.29, 0.717) is 29.4 Å². The molecule has 0 radical (unpaired) electrons. The lowest BCUT2D eigenvalue weighted by atomic mass is 10.1. The minimum Gasteiger partial charge on any atom is -0.478 e. The average Bonchev–Trinajstić information content (AvgIpc) is 2.61. The number of benzene rings is 2. The molecule has 25 heavy (non-hydrogen) atoms. The van der Waals surface area contributed by atoms with Crippen molar-refractivity contribution in [2.24, 2.45) is 0 Å². The maximum Gasteiger partial charge on any atom is 0.263 e. The van der Waals surface area contributed by atoms with Crippen molar-refractivity contribution >= 4 is 23.4 Å². The van der Waals surface area contributed by atoms with E-state index in [1.165, 1.54) is 0 Å². The topological polar surface area (TPSA) is 67.4 Å². The molecule has 0 saturated heterocycles. The molecule has 6 heteroatoms. The minimum absolute atomic E-state index is 0.175. The van der Waals surface area contributed by atoms with Gasteiger partial charge in [-0.25, -0.2) is 0 Å². The highest BCUT2D eigenvalue weighted by Gasteiger charge is 2.29. The van der Waals surface area contributed by atoms with Gasteiger partial charge >= 0.3 is 0 Å². The molecule has 0 bridgehead atoms. The maximum atomic E-state index is 12.3. The van der Waals surface area contributed by atoms with Crippen LogP contribution in [0, 0.1) is 0 Å². The van der Waals surface area contributed by atoms with Crippen molar-refractivity contribution in [3.8, 4) is 5.75 Å². The monoisotopic (exact) mass is 360 g/mol. The molecule has 0 fully saturated rings. The Labute approximate surface area is 152 Å². The second kappa shape index (κ2) is 8.53. The first kappa shape index (κ1) is 18.8. The van der Waals surface area contributed by atoms with E-state index in [0.717, 1.165) is 0 Å². The summed E-state index contributed by atoms with van der Waals surface area (Å²) in [5.74, 6) is 0.116. The number of nitrogens with one attached hydrogen (secondary N) is 2. The van der Waals surface area contributed by atoms with Gasteiger partial charge in [-0.05, 0) is 50.2 Å². The molecular weight excluding hydrogens is 340 g/mol. The fourth-order valence-electron chi connectivity index (χ4n) is 2.10. The molecule has 0 atom stereocenters. The Morgan fingerprint density at radius 2 is 1.56 bits per heavy atom. The van der Waals surface area contributed by atoms with Gasteiger partial charge in [0.15, 0.2) is 5.60 Å². The van der Waals surface area contributed by atoms with Crippen LogP contribution in [0.4, 0.5) is 0 Å². The summed E-state index contributed by atoms with van der Waals surface area (Å²) in [5.41, 5.74) is -0.461. The lowest BCUT2D eigenvalue weighted by Crippen LogP contribution is -2.48. The van der Waals surface area contributed by atoms with Crippen molar-refractivity contribution < 1.29 is 14.3 Å². The van der Waals surface area contributed by atoms with Gasteiger partial charge in [0.25, 0.3) is 11.8 Å². The maximum absolute atomic E-state index is 12.3. The number of amides is 2. The summed E-state index contributed by atoms with van der Waals surface area (Å²) < 4.78 is 5.71. The molecule has 0 aliphatic heterocycles. The number of halogens is 1. The van der Waals surface area contributed by atoms with Gasteiger partial charge in [-0.15, -0.1) is 0 Å². The normalized spacial score (nSPS) is 10.8. The fourth-order valence-corrected chi connectivity index (χ4v) is 2.23. The summed E-state index contributed by atoms with van der Waals surface area (Å²) in [7, 11) is 0. The third-order valence-corrected chi connectivity index (χ3v) is 3.72. The molecule has 5 nitrogen and oxygen atoms in total. The first-order valence-electron chi connectivity index (χ1n) is 7.94. The van der Waals surface area contributed by atoms with Crippen molar-refractivity contribution in [1.29, 1.82) is 0 Å². The highest BCUT2D eigenvalue weighted by Crippen LogP contribution is 2.20. The molecule has 0 aliphatic rings. The Kier molecular flexibility index (Phi) is 6.42. The van der Waals surface area contributed by atoms with Crippen molar-refractivity contribution in [3.05, 3.63) is 65.2 Å². The van der Waals surface area contributed by atoms with Crippen LogP contribution >= 0.6 is 11.6 Å². The number of hydrogen-bond acceptors (Lipinski definition) is 3. The second-order valence-corrected chi connectivity index (χ2v) is 6.38. The van der Waals surface area contributed by atoms with Gasteiger partial charge in [0.2, 0.25) is 0 Å². The third-order valence-electron chi connectivity index (χ3n) is 3.47. The van der Waals surface area contributed by atoms with E-state index in [-0.39, 0.29) is 11.8 Å². The molecule has 2 N–H and O–H groups in total. The highest BCUT2D eigenvalue weighted by atomic mass is 35.5. The zero-order valence-electron chi connectivity index (χ0n) is 14.2. The number of ether oxygens (including phenoxy) is 1. The van der Waals surface area contributed by atoms with Crippen LogP contribution in [0.15, 0.2) is 54.6 Å². The summed E-state index contributed by atoms with van der Waals surface area (Å²) in [6.45, 7) is 4.00. The number of carbonyl (C=O) groups is 2. The molecular formula is C19H21ClN2O3. The summed E-state index contributed by atoms with van der Waals surface area (Å²) >= 11 is 5.83. The van der Waals surface area contributed by atoms with Crippen LogP contribution in [-0.2, 0) is 4.79 Å². The molecule has 2 aromatic carbocycles. The predicted octanol–water partition coefficient (Wildman–Crippen LogP) is 3.04. The SMILES string of the molecule is CC(C)(Oc1ccc(Cl)cc1)C(=O)NCCNC(=O)c1ccccc1. The average molecular weight is 361 g/mol. The Bertz CT molecular complexity index is 715. The number of carbonyl (C=O) groups excluding carboxylic acids is 2. The van der Waals surface area contributed by atoms with Crippen LogP contribution < -0.4 is 15.4 Å². The Morgan fingerprint density at radius 1 is 0.960 bits per heavy atom.